The number of benzene rings is 1. The third-order valence-electron chi connectivity index (χ3n) is 4.16. The van der Waals surface area contributed by atoms with Gasteiger partial charge in [0.05, 0.1) is 18.7 Å². The number of amides is 1. The summed E-state index contributed by atoms with van der Waals surface area (Å²) in [4.78, 5) is 14.0. The topological polar surface area (TPSA) is 53.6 Å². The number of carbonyl (C=O) groups is 1. The van der Waals surface area contributed by atoms with E-state index >= 15 is 0 Å². The van der Waals surface area contributed by atoms with Gasteiger partial charge in [0.1, 0.15) is 12.4 Å². The molecule has 0 radical (unpaired) electrons. The highest BCUT2D eigenvalue weighted by Crippen LogP contribution is 2.30. The Kier molecular flexibility index (Phi) is 7.07. The Morgan fingerprint density at radius 3 is 2.68 bits per heavy atom. The predicted molar refractivity (Wildman–Crippen MR) is 88.5 cm³/mol. The minimum atomic E-state index is -4.35. The molecule has 1 unspecified atom stereocenters. The van der Waals surface area contributed by atoms with Gasteiger partial charge in [-0.2, -0.15) is 13.2 Å². The molecule has 140 valence electrons. The largest absolute Gasteiger partial charge is 0.492 e. The molecule has 8 heteroatoms. The van der Waals surface area contributed by atoms with Crippen molar-refractivity contribution in [3.05, 3.63) is 29.8 Å². The van der Waals surface area contributed by atoms with Gasteiger partial charge in [0.2, 0.25) is 5.91 Å². The zero-order valence-electron chi connectivity index (χ0n) is 14.2. The van der Waals surface area contributed by atoms with E-state index in [1.165, 1.54) is 12.1 Å². The Morgan fingerprint density at radius 1 is 1.32 bits per heavy atom. The highest BCUT2D eigenvalue weighted by Gasteiger charge is 2.30. The van der Waals surface area contributed by atoms with Crippen molar-refractivity contribution >= 4 is 5.91 Å². The Hall–Kier alpha value is -1.80. The molecule has 0 saturated carbocycles. The highest BCUT2D eigenvalue weighted by atomic mass is 19.4. The quantitative estimate of drug-likeness (QED) is 0.730. The highest BCUT2D eigenvalue weighted by molar-refractivity contribution is 5.78. The third-order valence-corrected chi connectivity index (χ3v) is 4.16. The van der Waals surface area contributed by atoms with Crippen molar-refractivity contribution in [2.75, 3.05) is 39.8 Å². The molecule has 2 rings (SSSR count). The average molecular weight is 359 g/mol. The predicted octanol–water partition coefficient (Wildman–Crippen LogP) is 1.88. The van der Waals surface area contributed by atoms with Crippen molar-refractivity contribution in [3.8, 4) is 5.75 Å². The van der Waals surface area contributed by atoms with Gasteiger partial charge < -0.3 is 15.4 Å². The summed E-state index contributed by atoms with van der Waals surface area (Å²) in [5, 5.41) is 5.99. The Labute approximate surface area is 145 Å². The number of hydrogen-bond donors (Lipinski definition) is 2. The van der Waals surface area contributed by atoms with Gasteiger partial charge in [0.25, 0.3) is 0 Å². The lowest BCUT2D eigenvalue weighted by Gasteiger charge is -2.31. The van der Waals surface area contributed by atoms with Gasteiger partial charge in [-0.3, -0.25) is 9.69 Å². The first-order valence-corrected chi connectivity index (χ1v) is 8.35. The lowest BCUT2D eigenvalue weighted by atomic mass is 10.1. The van der Waals surface area contributed by atoms with Gasteiger partial charge in [-0.15, -0.1) is 0 Å². The number of likely N-dealkylation sites (tertiary alicyclic amines) is 1. The lowest BCUT2D eigenvalue weighted by molar-refractivity contribution is -0.137. The van der Waals surface area contributed by atoms with Crippen LogP contribution in [0.2, 0.25) is 0 Å². The van der Waals surface area contributed by atoms with Crippen LogP contribution in [-0.4, -0.2) is 56.7 Å². The number of likely N-dealkylation sites (N-methyl/N-ethyl adjacent to an activating group) is 1. The van der Waals surface area contributed by atoms with Gasteiger partial charge in [-0.25, -0.2) is 0 Å². The van der Waals surface area contributed by atoms with Crippen molar-refractivity contribution < 1.29 is 22.7 Å². The molecular formula is C17H24F3N3O2. The van der Waals surface area contributed by atoms with E-state index < -0.39 is 11.7 Å². The second-order valence-corrected chi connectivity index (χ2v) is 6.08. The van der Waals surface area contributed by atoms with Gasteiger partial charge in [0, 0.05) is 12.6 Å². The van der Waals surface area contributed by atoms with E-state index in [2.05, 4.69) is 15.5 Å². The molecule has 1 atom stereocenters. The molecule has 5 nitrogen and oxygen atoms in total. The van der Waals surface area contributed by atoms with Crippen LogP contribution in [0.3, 0.4) is 0 Å². The van der Waals surface area contributed by atoms with Crippen LogP contribution in [0.1, 0.15) is 18.4 Å². The number of nitrogens with one attached hydrogen (secondary N) is 2. The number of rotatable bonds is 7. The molecule has 1 heterocycles. The molecule has 0 aliphatic carbocycles. The summed E-state index contributed by atoms with van der Waals surface area (Å²) >= 11 is 0. The monoisotopic (exact) mass is 359 g/mol. The van der Waals surface area contributed by atoms with Gasteiger partial charge in [-0.05, 0) is 50.7 Å². The van der Waals surface area contributed by atoms with E-state index in [-0.39, 0.29) is 12.5 Å². The van der Waals surface area contributed by atoms with Crippen molar-refractivity contribution in [1.82, 2.24) is 15.5 Å². The normalized spacial score (nSPS) is 18.8. The van der Waals surface area contributed by atoms with E-state index in [9.17, 15) is 18.0 Å². The summed E-state index contributed by atoms with van der Waals surface area (Å²) in [5.41, 5.74) is -0.713. The zero-order chi connectivity index (χ0) is 18.3. The van der Waals surface area contributed by atoms with Crippen LogP contribution in [0.4, 0.5) is 13.2 Å². The molecule has 1 aromatic rings. The Morgan fingerprint density at radius 2 is 2.04 bits per heavy atom. The van der Waals surface area contributed by atoms with E-state index in [1.54, 1.807) is 0 Å². The Bertz CT molecular complexity index is 549. The van der Waals surface area contributed by atoms with Crippen LogP contribution in [0.15, 0.2) is 24.3 Å². The van der Waals surface area contributed by atoms with Crippen LogP contribution in [0, 0.1) is 0 Å². The van der Waals surface area contributed by atoms with Crippen LogP contribution in [0.5, 0.6) is 5.75 Å². The van der Waals surface area contributed by atoms with Crippen molar-refractivity contribution in [2.45, 2.75) is 25.1 Å². The second-order valence-electron chi connectivity index (χ2n) is 6.08. The first-order chi connectivity index (χ1) is 11.9. The SMILES string of the molecule is CNC1CCCN(CC(=O)NCCOc2ccc(C(F)(F)F)cc2)C1. The summed E-state index contributed by atoms with van der Waals surface area (Å²) < 4.78 is 42.7. The maximum atomic E-state index is 12.5. The fourth-order valence-corrected chi connectivity index (χ4v) is 2.79. The first-order valence-electron chi connectivity index (χ1n) is 8.35. The number of piperidine rings is 1. The molecule has 0 bridgehead atoms. The van der Waals surface area contributed by atoms with Crippen molar-refractivity contribution in [1.29, 1.82) is 0 Å². The molecule has 1 aliphatic heterocycles. The van der Waals surface area contributed by atoms with Crippen LogP contribution >= 0.6 is 0 Å². The van der Waals surface area contributed by atoms with Gasteiger partial charge >= 0.3 is 6.18 Å². The van der Waals surface area contributed by atoms with E-state index in [0.717, 1.165) is 38.1 Å². The van der Waals surface area contributed by atoms with Gasteiger partial charge in [-0.1, -0.05) is 0 Å². The van der Waals surface area contributed by atoms with Gasteiger partial charge in [0.15, 0.2) is 0 Å². The van der Waals surface area contributed by atoms with Crippen LogP contribution in [-0.2, 0) is 11.0 Å². The molecule has 1 saturated heterocycles. The number of nitrogens with zero attached hydrogens (tertiary/aromatic N) is 1. The number of carbonyl (C=O) groups excluding carboxylic acids is 1. The molecule has 1 amide bonds. The van der Waals surface area contributed by atoms with Crippen LogP contribution < -0.4 is 15.4 Å². The van der Waals surface area contributed by atoms with E-state index in [4.69, 9.17) is 4.74 Å². The van der Waals surface area contributed by atoms with Crippen LogP contribution in [0.25, 0.3) is 0 Å². The summed E-state index contributed by atoms with van der Waals surface area (Å²) in [6.45, 7) is 2.62. The molecular weight excluding hydrogens is 335 g/mol. The molecule has 1 fully saturated rings. The second kappa shape index (κ2) is 9.05. The van der Waals surface area contributed by atoms with Crippen molar-refractivity contribution in [2.24, 2.45) is 0 Å². The number of hydrogen-bond acceptors (Lipinski definition) is 4. The number of alkyl halides is 3. The third kappa shape index (κ3) is 6.55. The maximum absolute atomic E-state index is 12.5. The van der Waals surface area contributed by atoms with E-state index in [1.807, 2.05) is 7.05 Å². The lowest BCUT2D eigenvalue weighted by Crippen LogP contribution is -2.48. The number of ether oxygens (including phenoxy) is 1. The standard InChI is InChI=1S/C17H24F3N3O2/c1-21-14-3-2-9-23(11-14)12-16(24)22-8-10-25-15-6-4-13(5-7-15)17(18,19)20/h4-7,14,21H,2-3,8-12H2,1H3,(H,22,24). The fraction of sp³-hybridized carbons (Fsp3) is 0.588. The molecule has 1 aromatic carbocycles. The minimum Gasteiger partial charge on any atom is -0.492 e. The molecule has 0 spiro atoms. The molecule has 25 heavy (non-hydrogen) atoms. The minimum absolute atomic E-state index is 0.0761. The molecule has 0 aromatic heterocycles. The smallest absolute Gasteiger partial charge is 0.416 e. The summed E-state index contributed by atoms with van der Waals surface area (Å²) in [6.07, 6.45) is -2.17. The molecule has 1 aliphatic rings. The Balaban J connectivity index is 1.64. The molecule has 2 N–H and O–H groups in total. The summed E-state index contributed by atoms with van der Waals surface area (Å²) in [6, 6.07) is 4.92. The zero-order valence-corrected chi connectivity index (χ0v) is 14.2. The summed E-state index contributed by atoms with van der Waals surface area (Å²) in [5.74, 6) is 0.267. The first kappa shape index (κ1) is 19.5. The fourth-order valence-electron chi connectivity index (χ4n) is 2.79. The maximum Gasteiger partial charge on any atom is 0.416 e. The summed E-state index contributed by atoms with van der Waals surface area (Å²) in [7, 11) is 1.92. The van der Waals surface area contributed by atoms with E-state index in [0.29, 0.717) is 24.9 Å². The average Bonchev–Trinajstić information content (AvgIpc) is 2.58. The number of halogens is 3. The van der Waals surface area contributed by atoms with Crippen molar-refractivity contribution in [3.63, 3.8) is 0 Å².